The van der Waals surface area contributed by atoms with Crippen LogP contribution in [0.4, 0.5) is 0 Å². The molecule has 0 unspecified atom stereocenters. The van der Waals surface area contributed by atoms with E-state index in [4.69, 9.17) is 5.73 Å². The molecule has 0 saturated heterocycles. The Morgan fingerprint density at radius 2 is 1.83 bits per heavy atom. The molecule has 2 N–H and O–H groups in total. The van der Waals surface area contributed by atoms with E-state index in [1.807, 2.05) is 11.9 Å². The van der Waals surface area contributed by atoms with Crippen LogP contribution in [0.15, 0.2) is 0 Å². The molecule has 106 valence electrons. The van der Waals surface area contributed by atoms with Gasteiger partial charge in [-0.3, -0.25) is 4.79 Å². The summed E-state index contributed by atoms with van der Waals surface area (Å²) in [6.07, 6.45) is 7.40. The molecule has 0 radical (unpaired) electrons. The van der Waals surface area contributed by atoms with E-state index >= 15 is 0 Å². The van der Waals surface area contributed by atoms with Crippen molar-refractivity contribution in [1.29, 1.82) is 0 Å². The maximum absolute atomic E-state index is 12.2. The first kappa shape index (κ1) is 15.5. The van der Waals surface area contributed by atoms with Gasteiger partial charge in [-0.25, -0.2) is 0 Å². The average molecular weight is 254 g/mol. The van der Waals surface area contributed by atoms with Gasteiger partial charge in [0.15, 0.2) is 0 Å². The number of nitrogens with two attached hydrogens (primary N) is 1. The molecule has 0 heterocycles. The number of amides is 1. The topological polar surface area (TPSA) is 46.3 Å². The summed E-state index contributed by atoms with van der Waals surface area (Å²) in [6, 6.07) is 0.402. The van der Waals surface area contributed by atoms with Crippen LogP contribution in [0.3, 0.4) is 0 Å². The molecule has 0 aromatic carbocycles. The summed E-state index contributed by atoms with van der Waals surface area (Å²) in [7, 11) is 1.93. The Balaban J connectivity index is 2.33. The zero-order chi connectivity index (χ0) is 13.8. The molecule has 3 nitrogen and oxygen atoms in total. The number of carbonyl (C=O) groups excluding carboxylic acids is 1. The molecule has 0 spiro atoms. The SMILES string of the molecule is CCC(C)(C)N(C)C(=O)CCC1CCC(N)CC1. The first-order valence-electron chi connectivity index (χ1n) is 7.39. The molecule has 1 fully saturated rings. The van der Waals surface area contributed by atoms with Gasteiger partial charge in [-0.2, -0.15) is 0 Å². The second kappa shape index (κ2) is 6.55. The van der Waals surface area contributed by atoms with Crippen LogP contribution >= 0.6 is 0 Å². The normalized spacial score (nSPS) is 24.9. The van der Waals surface area contributed by atoms with Gasteiger partial charge in [0.1, 0.15) is 0 Å². The monoisotopic (exact) mass is 254 g/mol. The van der Waals surface area contributed by atoms with E-state index < -0.39 is 0 Å². The van der Waals surface area contributed by atoms with Gasteiger partial charge >= 0.3 is 0 Å². The molecule has 1 rings (SSSR count). The Kier molecular flexibility index (Phi) is 5.64. The van der Waals surface area contributed by atoms with Crippen molar-refractivity contribution in [2.45, 2.75) is 77.3 Å². The van der Waals surface area contributed by atoms with Crippen molar-refractivity contribution in [3.05, 3.63) is 0 Å². The molecule has 1 saturated carbocycles. The summed E-state index contributed by atoms with van der Waals surface area (Å²) in [4.78, 5) is 14.1. The molecule has 18 heavy (non-hydrogen) atoms. The van der Waals surface area contributed by atoms with Crippen molar-refractivity contribution in [3.63, 3.8) is 0 Å². The van der Waals surface area contributed by atoms with Crippen LogP contribution in [0.2, 0.25) is 0 Å². The Labute approximate surface area is 112 Å². The van der Waals surface area contributed by atoms with E-state index in [1.54, 1.807) is 0 Å². The second-order valence-electron chi connectivity index (χ2n) is 6.44. The fraction of sp³-hybridized carbons (Fsp3) is 0.933. The van der Waals surface area contributed by atoms with Crippen LogP contribution in [0.25, 0.3) is 0 Å². The van der Waals surface area contributed by atoms with Gasteiger partial charge in [0.25, 0.3) is 0 Å². The third-order valence-corrected chi connectivity index (χ3v) is 4.81. The second-order valence-corrected chi connectivity index (χ2v) is 6.44. The smallest absolute Gasteiger partial charge is 0.222 e. The van der Waals surface area contributed by atoms with Gasteiger partial charge in [-0.1, -0.05) is 6.92 Å². The van der Waals surface area contributed by atoms with Crippen molar-refractivity contribution in [2.24, 2.45) is 11.7 Å². The van der Waals surface area contributed by atoms with Crippen LogP contribution in [0, 0.1) is 5.92 Å². The number of rotatable bonds is 5. The van der Waals surface area contributed by atoms with Crippen LogP contribution in [0.5, 0.6) is 0 Å². The highest BCUT2D eigenvalue weighted by Gasteiger charge is 2.26. The lowest BCUT2D eigenvalue weighted by Gasteiger charge is -2.35. The highest BCUT2D eigenvalue weighted by Crippen LogP contribution is 2.27. The summed E-state index contributed by atoms with van der Waals surface area (Å²) in [5.74, 6) is 1.00. The molecule has 0 aromatic heterocycles. The molecule has 0 aliphatic heterocycles. The van der Waals surface area contributed by atoms with Crippen molar-refractivity contribution in [1.82, 2.24) is 4.90 Å². The lowest BCUT2D eigenvalue weighted by atomic mass is 9.83. The number of hydrogen-bond acceptors (Lipinski definition) is 2. The maximum atomic E-state index is 12.2. The predicted octanol–water partition coefficient (Wildman–Crippen LogP) is 2.93. The van der Waals surface area contributed by atoms with Crippen LogP contribution in [-0.4, -0.2) is 29.4 Å². The Hall–Kier alpha value is -0.570. The quantitative estimate of drug-likeness (QED) is 0.820. The highest BCUT2D eigenvalue weighted by atomic mass is 16.2. The van der Waals surface area contributed by atoms with Crippen LogP contribution < -0.4 is 5.73 Å². The molecule has 1 aliphatic rings. The molecular weight excluding hydrogens is 224 g/mol. The van der Waals surface area contributed by atoms with E-state index in [0.29, 0.717) is 18.4 Å². The minimum Gasteiger partial charge on any atom is -0.341 e. The molecule has 1 amide bonds. The molecule has 3 heteroatoms. The lowest BCUT2D eigenvalue weighted by Crippen LogP contribution is -2.44. The number of carbonyl (C=O) groups is 1. The summed E-state index contributed by atoms with van der Waals surface area (Å²) < 4.78 is 0. The Bertz CT molecular complexity index is 268. The van der Waals surface area contributed by atoms with E-state index in [9.17, 15) is 4.79 Å². The van der Waals surface area contributed by atoms with Crippen LogP contribution in [-0.2, 0) is 4.79 Å². The molecule has 0 bridgehead atoms. The number of nitrogens with zero attached hydrogens (tertiary/aromatic N) is 1. The largest absolute Gasteiger partial charge is 0.341 e. The maximum Gasteiger partial charge on any atom is 0.222 e. The van der Waals surface area contributed by atoms with Gasteiger partial charge in [-0.05, 0) is 58.3 Å². The van der Waals surface area contributed by atoms with Gasteiger partial charge in [0.2, 0.25) is 5.91 Å². The van der Waals surface area contributed by atoms with E-state index in [0.717, 1.165) is 25.7 Å². The van der Waals surface area contributed by atoms with Crippen molar-refractivity contribution < 1.29 is 4.79 Å². The minimum absolute atomic E-state index is 0.0218. The minimum atomic E-state index is -0.0218. The lowest BCUT2D eigenvalue weighted by molar-refractivity contribution is -0.135. The predicted molar refractivity (Wildman–Crippen MR) is 76.3 cm³/mol. The van der Waals surface area contributed by atoms with Crippen molar-refractivity contribution in [2.75, 3.05) is 7.05 Å². The Morgan fingerprint density at radius 1 is 1.28 bits per heavy atom. The highest BCUT2D eigenvalue weighted by molar-refractivity contribution is 5.76. The van der Waals surface area contributed by atoms with Crippen molar-refractivity contribution in [3.8, 4) is 0 Å². The van der Waals surface area contributed by atoms with E-state index in [2.05, 4.69) is 20.8 Å². The standard InChI is InChI=1S/C15H30N2O/c1-5-15(2,3)17(4)14(18)11-8-12-6-9-13(16)10-7-12/h12-13H,5-11,16H2,1-4H3. The summed E-state index contributed by atoms with van der Waals surface area (Å²) >= 11 is 0. The molecule has 0 atom stereocenters. The zero-order valence-corrected chi connectivity index (χ0v) is 12.5. The van der Waals surface area contributed by atoms with Gasteiger partial charge in [0, 0.05) is 25.0 Å². The molecular formula is C15H30N2O. The summed E-state index contributed by atoms with van der Waals surface area (Å²) in [5, 5.41) is 0. The third kappa shape index (κ3) is 4.27. The number of hydrogen-bond donors (Lipinski definition) is 1. The summed E-state index contributed by atoms with van der Waals surface area (Å²) in [5.41, 5.74) is 5.88. The fourth-order valence-electron chi connectivity index (χ4n) is 2.55. The van der Waals surface area contributed by atoms with E-state index in [-0.39, 0.29) is 11.4 Å². The first-order chi connectivity index (χ1) is 8.36. The van der Waals surface area contributed by atoms with E-state index in [1.165, 1.54) is 12.8 Å². The van der Waals surface area contributed by atoms with Crippen LogP contribution in [0.1, 0.15) is 65.7 Å². The molecule has 1 aliphatic carbocycles. The zero-order valence-electron chi connectivity index (χ0n) is 12.5. The van der Waals surface area contributed by atoms with Gasteiger partial charge in [-0.15, -0.1) is 0 Å². The Morgan fingerprint density at radius 3 is 2.33 bits per heavy atom. The molecule has 0 aromatic rings. The first-order valence-corrected chi connectivity index (χ1v) is 7.39. The third-order valence-electron chi connectivity index (χ3n) is 4.81. The van der Waals surface area contributed by atoms with Crippen molar-refractivity contribution >= 4 is 5.91 Å². The summed E-state index contributed by atoms with van der Waals surface area (Å²) in [6.45, 7) is 6.39. The van der Waals surface area contributed by atoms with Gasteiger partial charge in [0.05, 0.1) is 0 Å². The van der Waals surface area contributed by atoms with Gasteiger partial charge < -0.3 is 10.6 Å². The average Bonchev–Trinajstić information content (AvgIpc) is 2.36. The fourth-order valence-corrected chi connectivity index (χ4v) is 2.55.